The number of aliphatic hydroxyl groups excluding tert-OH is 1. The van der Waals surface area contributed by atoms with Gasteiger partial charge in [-0.1, -0.05) is 40.0 Å². The summed E-state index contributed by atoms with van der Waals surface area (Å²) < 4.78 is 0. The number of rotatable bonds is 3. The van der Waals surface area contributed by atoms with Crippen LogP contribution in [-0.2, 0) is 0 Å². The maximum absolute atomic E-state index is 9.76. The molecule has 2 aliphatic rings. The van der Waals surface area contributed by atoms with Crippen LogP contribution in [0.2, 0.25) is 0 Å². The number of nitrogens with one attached hydrogen (secondary N) is 1. The molecule has 2 nitrogen and oxygen atoms in total. The highest BCUT2D eigenvalue weighted by Gasteiger charge is 2.48. The topological polar surface area (TPSA) is 32.3 Å². The zero-order valence-corrected chi connectivity index (χ0v) is 11.0. The summed E-state index contributed by atoms with van der Waals surface area (Å²) in [7, 11) is 0. The highest BCUT2D eigenvalue weighted by Crippen LogP contribution is 2.41. The largest absolute Gasteiger partial charge is 0.392 e. The molecule has 0 aromatic rings. The van der Waals surface area contributed by atoms with E-state index in [2.05, 4.69) is 26.1 Å². The smallest absolute Gasteiger partial charge is 0.0621 e. The third kappa shape index (κ3) is 2.14. The molecule has 2 aliphatic carbocycles. The van der Waals surface area contributed by atoms with Crippen molar-refractivity contribution in [1.82, 2.24) is 5.32 Å². The molecule has 0 heterocycles. The van der Waals surface area contributed by atoms with Gasteiger partial charge in [-0.2, -0.15) is 0 Å². The Kier molecular flexibility index (Phi) is 3.60. The average Bonchev–Trinajstić information content (AvgIpc) is 2.29. The lowest BCUT2D eigenvalue weighted by Gasteiger charge is -2.52. The Bertz CT molecular complexity index is 239. The van der Waals surface area contributed by atoms with Gasteiger partial charge in [0.1, 0.15) is 0 Å². The van der Waals surface area contributed by atoms with E-state index in [1.165, 1.54) is 32.1 Å². The lowest BCUT2D eigenvalue weighted by Crippen LogP contribution is -2.63. The highest BCUT2D eigenvalue weighted by molar-refractivity contribution is 5.03. The molecule has 4 unspecified atom stereocenters. The summed E-state index contributed by atoms with van der Waals surface area (Å²) in [4.78, 5) is 0. The Morgan fingerprint density at radius 1 is 1.25 bits per heavy atom. The van der Waals surface area contributed by atoms with E-state index < -0.39 is 0 Å². The van der Waals surface area contributed by atoms with Gasteiger partial charge < -0.3 is 10.4 Å². The summed E-state index contributed by atoms with van der Waals surface area (Å²) in [6.07, 6.45) is 7.66. The van der Waals surface area contributed by atoms with Gasteiger partial charge in [0.15, 0.2) is 0 Å². The molecule has 0 bridgehead atoms. The lowest BCUT2D eigenvalue weighted by molar-refractivity contribution is -0.0793. The van der Waals surface area contributed by atoms with Gasteiger partial charge in [0.2, 0.25) is 0 Å². The maximum Gasteiger partial charge on any atom is 0.0621 e. The molecule has 0 amide bonds. The highest BCUT2D eigenvalue weighted by atomic mass is 16.3. The molecule has 2 fully saturated rings. The van der Waals surface area contributed by atoms with E-state index in [4.69, 9.17) is 0 Å². The first kappa shape index (κ1) is 12.4. The summed E-state index contributed by atoms with van der Waals surface area (Å²) in [6.45, 7) is 6.68. The van der Waals surface area contributed by atoms with Gasteiger partial charge in [-0.25, -0.2) is 0 Å². The van der Waals surface area contributed by atoms with Gasteiger partial charge in [0.25, 0.3) is 0 Å². The SMILES string of the molecule is CCC1CCCCC1NC1CC(O)C1(C)C. The molecule has 0 radical (unpaired) electrons. The molecule has 4 atom stereocenters. The normalized spacial score (nSPS) is 42.8. The minimum Gasteiger partial charge on any atom is -0.392 e. The summed E-state index contributed by atoms with van der Waals surface area (Å²) in [5, 5.41) is 13.6. The van der Waals surface area contributed by atoms with Crippen LogP contribution in [0.5, 0.6) is 0 Å². The number of hydrogen-bond acceptors (Lipinski definition) is 2. The average molecular weight is 225 g/mol. The van der Waals surface area contributed by atoms with Crippen LogP contribution in [0.15, 0.2) is 0 Å². The Hall–Kier alpha value is -0.0800. The fraction of sp³-hybridized carbons (Fsp3) is 1.00. The zero-order valence-electron chi connectivity index (χ0n) is 11.0. The van der Waals surface area contributed by atoms with Crippen molar-refractivity contribution in [1.29, 1.82) is 0 Å². The van der Waals surface area contributed by atoms with Crippen LogP contribution in [0, 0.1) is 11.3 Å². The minimum atomic E-state index is -0.103. The minimum absolute atomic E-state index is 0.0791. The Morgan fingerprint density at radius 3 is 2.50 bits per heavy atom. The first-order valence-electron chi connectivity index (χ1n) is 6.99. The molecule has 2 saturated carbocycles. The fourth-order valence-electron chi connectivity index (χ4n) is 3.36. The number of hydrogen-bond donors (Lipinski definition) is 2. The van der Waals surface area contributed by atoms with Crippen molar-refractivity contribution in [2.24, 2.45) is 11.3 Å². The summed E-state index contributed by atoms with van der Waals surface area (Å²) in [5.74, 6) is 0.863. The van der Waals surface area contributed by atoms with E-state index in [1.54, 1.807) is 0 Å². The molecule has 2 N–H and O–H groups in total. The van der Waals surface area contributed by atoms with Crippen LogP contribution in [-0.4, -0.2) is 23.3 Å². The zero-order chi connectivity index (χ0) is 11.8. The van der Waals surface area contributed by atoms with Crippen LogP contribution in [0.25, 0.3) is 0 Å². The summed E-state index contributed by atoms with van der Waals surface area (Å²) in [6, 6.07) is 1.23. The molecule has 16 heavy (non-hydrogen) atoms. The third-order valence-corrected chi connectivity index (χ3v) is 5.06. The second kappa shape index (κ2) is 4.66. The predicted molar refractivity (Wildman–Crippen MR) is 67.4 cm³/mol. The van der Waals surface area contributed by atoms with Crippen molar-refractivity contribution in [3.8, 4) is 0 Å². The van der Waals surface area contributed by atoms with Crippen LogP contribution in [0.1, 0.15) is 59.3 Å². The fourth-order valence-corrected chi connectivity index (χ4v) is 3.36. The molecular weight excluding hydrogens is 198 g/mol. The van der Waals surface area contributed by atoms with Crippen molar-refractivity contribution in [2.45, 2.75) is 77.5 Å². The first-order valence-corrected chi connectivity index (χ1v) is 6.99. The second-order valence-corrected chi connectivity index (χ2v) is 6.35. The molecule has 94 valence electrons. The van der Waals surface area contributed by atoms with E-state index in [9.17, 15) is 5.11 Å². The lowest BCUT2D eigenvalue weighted by atomic mass is 9.64. The van der Waals surface area contributed by atoms with Gasteiger partial charge in [-0.05, 0) is 25.2 Å². The van der Waals surface area contributed by atoms with Crippen LogP contribution in [0.4, 0.5) is 0 Å². The molecule has 0 aliphatic heterocycles. The molecule has 0 aromatic heterocycles. The van der Waals surface area contributed by atoms with E-state index in [0.717, 1.165) is 12.3 Å². The van der Waals surface area contributed by atoms with Gasteiger partial charge >= 0.3 is 0 Å². The molecule has 0 saturated heterocycles. The number of aliphatic hydroxyl groups is 1. The molecule has 0 spiro atoms. The summed E-state index contributed by atoms with van der Waals surface area (Å²) >= 11 is 0. The first-order chi connectivity index (χ1) is 7.55. The quantitative estimate of drug-likeness (QED) is 0.774. The van der Waals surface area contributed by atoms with E-state index in [-0.39, 0.29) is 11.5 Å². The molecule has 2 heteroatoms. The van der Waals surface area contributed by atoms with Gasteiger partial charge in [-0.15, -0.1) is 0 Å². The maximum atomic E-state index is 9.76. The third-order valence-electron chi connectivity index (χ3n) is 5.06. The van der Waals surface area contributed by atoms with Gasteiger partial charge in [0.05, 0.1) is 6.10 Å². The summed E-state index contributed by atoms with van der Waals surface area (Å²) in [5.41, 5.74) is 0.0791. The van der Waals surface area contributed by atoms with E-state index >= 15 is 0 Å². The van der Waals surface area contributed by atoms with Crippen molar-refractivity contribution < 1.29 is 5.11 Å². The Morgan fingerprint density at radius 2 is 1.94 bits per heavy atom. The van der Waals surface area contributed by atoms with Gasteiger partial charge in [0, 0.05) is 17.5 Å². The Labute approximate surface area is 99.8 Å². The Balaban J connectivity index is 1.89. The van der Waals surface area contributed by atoms with Crippen molar-refractivity contribution >= 4 is 0 Å². The van der Waals surface area contributed by atoms with E-state index in [1.807, 2.05) is 0 Å². The van der Waals surface area contributed by atoms with E-state index in [0.29, 0.717) is 12.1 Å². The van der Waals surface area contributed by atoms with Crippen LogP contribution in [0.3, 0.4) is 0 Å². The second-order valence-electron chi connectivity index (χ2n) is 6.35. The van der Waals surface area contributed by atoms with Crippen molar-refractivity contribution in [3.63, 3.8) is 0 Å². The van der Waals surface area contributed by atoms with Crippen molar-refractivity contribution in [3.05, 3.63) is 0 Å². The standard InChI is InChI=1S/C14H27NO/c1-4-10-7-5-6-8-11(10)15-12-9-13(16)14(12,2)3/h10-13,15-16H,4-9H2,1-3H3. The van der Waals surface area contributed by atoms with Crippen LogP contribution >= 0.6 is 0 Å². The molecule has 0 aromatic carbocycles. The van der Waals surface area contributed by atoms with Crippen molar-refractivity contribution in [2.75, 3.05) is 0 Å². The molecular formula is C14H27NO. The monoisotopic (exact) mass is 225 g/mol. The van der Waals surface area contributed by atoms with Crippen LogP contribution < -0.4 is 5.32 Å². The molecule has 2 rings (SSSR count). The van der Waals surface area contributed by atoms with Gasteiger partial charge in [-0.3, -0.25) is 0 Å². The predicted octanol–water partition coefficient (Wildman–Crippen LogP) is 2.70.